The van der Waals surface area contributed by atoms with Crippen LogP contribution in [-0.2, 0) is 4.79 Å². The Balaban J connectivity index is 2.22. The number of nitrogens with one attached hydrogen (secondary N) is 3. The van der Waals surface area contributed by atoms with E-state index in [0.717, 1.165) is 38.4 Å². The van der Waals surface area contributed by atoms with Gasteiger partial charge in [-0.25, -0.2) is 0 Å². The van der Waals surface area contributed by atoms with Crippen molar-refractivity contribution in [1.82, 2.24) is 20.9 Å². The molecule has 1 aliphatic heterocycles. The lowest BCUT2D eigenvalue weighted by Crippen LogP contribution is -2.40. The van der Waals surface area contributed by atoms with E-state index in [1.807, 2.05) is 6.92 Å². The second-order valence-corrected chi connectivity index (χ2v) is 6.92. The van der Waals surface area contributed by atoms with Gasteiger partial charge in [0.1, 0.15) is 0 Å². The molecule has 0 aromatic rings. The van der Waals surface area contributed by atoms with Gasteiger partial charge in [0.05, 0.1) is 0 Å². The van der Waals surface area contributed by atoms with Crippen molar-refractivity contribution in [1.29, 1.82) is 0 Å². The fourth-order valence-electron chi connectivity index (χ4n) is 2.93. The molecule has 0 aromatic carbocycles. The highest BCUT2D eigenvalue weighted by molar-refractivity contribution is 5.81. The summed E-state index contributed by atoms with van der Waals surface area (Å²) in [6.07, 6.45) is 7.97. The van der Waals surface area contributed by atoms with Gasteiger partial charge < -0.3 is 20.9 Å². The molecule has 0 aliphatic carbocycles. The number of likely N-dealkylation sites (tertiary alicyclic amines) is 1. The highest BCUT2D eigenvalue weighted by atomic mass is 16.1. The molecule has 1 saturated heterocycles. The van der Waals surface area contributed by atoms with Crippen molar-refractivity contribution in [3.05, 3.63) is 0 Å². The molecule has 25 heavy (non-hydrogen) atoms. The fourth-order valence-corrected chi connectivity index (χ4v) is 2.93. The molecule has 3 N–H and O–H groups in total. The Labute approximate surface area is 154 Å². The second kappa shape index (κ2) is 13.9. The van der Waals surface area contributed by atoms with Crippen molar-refractivity contribution in [2.24, 2.45) is 4.99 Å². The monoisotopic (exact) mass is 353 g/mol. The van der Waals surface area contributed by atoms with Crippen molar-refractivity contribution in [3.8, 4) is 0 Å². The van der Waals surface area contributed by atoms with Crippen LogP contribution in [0.15, 0.2) is 4.99 Å². The minimum Gasteiger partial charge on any atom is -0.357 e. The van der Waals surface area contributed by atoms with Gasteiger partial charge in [0.15, 0.2) is 5.96 Å². The first-order chi connectivity index (χ1) is 12.2. The van der Waals surface area contributed by atoms with Gasteiger partial charge in [-0.3, -0.25) is 9.79 Å². The minimum atomic E-state index is 0.0962. The van der Waals surface area contributed by atoms with Crippen LogP contribution >= 0.6 is 0 Å². The van der Waals surface area contributed by atoms with E-state index in [0.29, 0.717) is 13.0 Å². The van der Waals surface area contributed by atoms with Crippen LogP contribution in [0.1, 0.15) is 65.7 Å². The SMILES string of the molecule is CCNC(=NCCCN1CCCCCC1)NCCC(=O)NC(C)CC. The quantitative estimate of drug-likeness (QED) is 0.320. The number of carbonyl (C=O) groups is 1. The summed E-state index contributed by atoms with van der Waals surface area (Å²) in [6, 6.07) is 0.244. The molecule has 1 fully saturated rings. The number of hydrogen-bond donors (Lipinski definition) is 3. The van der Waals surface area contributed by atoms with Crippen LogP contribution < -0.4 is 16.0 Å². The Kier molecular flexibility index (Phi) is 12.1. The van der Waals surface area contributed by atoms with Crippen molar-refractivity contribution in [2.45, 2.75) is 71.8 Å². The molecule has 1 heterocycles. The van der Waals surface area contributed by atoms with E-state index in [1.165, 1.54) is 38.8 Å². The Hall–Kier alpha value is -1.30. The zero-order valence-corrected chi connectivity index (χ0v) is 16.6. The summed E-state index contributed by atoms with van der Waals surface area (Å²) in [5, 5.41) is 9.49. The van der Waals surface area contributed by atoms with Crippen molar-refractivity contribution < 1.29 is 4.79 Å². The van der Waals surface area contributed by atoms with Crippen LogP contribution in [0, 0.1) is 0 Å². The molecule has 1 unspecified atom stereocenters. The van der Waals surface area contributed by atoms with Gasteiger partial charge in [-0.05, 0) is 59.2 Å². The number of amides is 1. The van der Waals surface area contributed by atoms with Crippen LogP contribution in [0.3, 0.4) is 0 Å². The highest BCUT2D eigenvalue weighted by Crippen LogP contribution is 2.09. The maximum absolute atomic E-state index is 11.8. The Morgan fingerprint density at radius 1 is 1.12 bits per heavy atom. The predicted molar refractivity (Wildman–Crippen MR) is 106 cm³/mol. The summed E-state index contributed by atoms with van der Waals surface area (Å²) >= 11 is 0. The van der Waals surface area contributed by atoms with E-state index < -0.39 is 0 Å². The van der Waals surface area contributed by atoms with Crippen molar-refractivity contribution in [2.75, 3.05) is 39.3 Å². The maximum atomic E-state index is 11.8. The van der Waals surface area contributed by atoms with Gasteiger partial charge in [-0.1, -0.05) is 19.8 Å². The Morgan fingerprint density at radius 2 is 1.84 bits per heavy atom. The highest BCUT2D eigenvalue weighted by Gasteiger charge is 2.08. The van der Waals surface area contributed by atoms with E-state index >= 15 is 0 Å². The smallest absolute Gasteiger partial charge is 0.221 e. The number of rotatable bonds is 10. The fraction of sp³-hybridized carbons (Fsp3) is 0.895. The Morgan fingerprint density at radius 3 is 2.48 bits per heavy atom. The van der Waals surface area contributed by atoms with Crippen LogP contribution in [0.4, 0.5) is 0 Å². The van der Waals surface area contributed by atoms with Gasteiger partial charge in [0.25, 0.3) is 0 Å². The van der Waals surface area contributed by atoms with Crippen LogP contribution in [0.2, 0.25) is 0 Å². The summed E-state index contributed by atoms with van der Waals surface area (Å²) < 4.78 is 0. The van der Waals surface area contributed by atoms with Gasteiger partial charge >= 0.3 is 0 Å². The van der Waals surface area contributed by atoms with E-state index in [4.69, 9.17) is 0 Å². The number of aliphatic imine (C=N–C) groups is 1. The van der Waals surface area contributed by atoms with E-state index in [9.17, 15) is 4.79 Å². The molecule has 0 saturated carbocycles. The van der Waals surface area contributed by atoms with E-state index in [2.05, 4.69) is 39.7 Å². The normalized spacial score (nSPS) is 17.6. The zero-order valence-electron chi connectivity index (χ0n) is 16.6. The maximum Gasteiger partial charge on any atom is 0.221 e. The molecule has 0 radical (unpaired) electrons. The van der Waals surface area contributed by atoms with Crippen LogP contribution in [-0.4, -0.2) is 62.1 Å². The summed E-state index contributed by atoms with van der Waals surface area (Å²) in [7, 11) is 0. The molecule has 1 aliphatic rings. The molecule has 1 rings (SSSR count). The third-order valence-electron chi connectivity index (χ3n) is 4.61. The third kappa shape index (κ3) is 11.0. The lowest BCUT2D eigenvalue weighted by Gasteiger charge is -2.19. The van der Waals surface area contributed by atoms with E-state index in [1.54, 1.807) is 0 Å². The van der Waals surface area contributed by atoms with E-state index in [-0.39, 0.29) is 11.9 Å². The first-order valence-electron chi connectivity index (χ1n) is 10.2. The molecular weight excluding hydrogens is 314 g/mol. The molecule has 0 bridgehead atoms. The predicted octanol–water partition coefficient (Wildman–Crippen LogP) is 2.11. The summed E-state index contributed by atoms with van der Waals surface area (Å²) in [6.45, 7) is 12.1. The second-order valence-electron chi connectivity index (χ2n) is 6.92. The lowest BCUT2D eigenvalue weighted by atomic mass is 10.2. The standard InChI is InChI=1S/C19H39N5O/c1-4-17(3)23-18(25)11-13-22-19(20-5-2)21-12-10-16-24-14-8-6-7-9-15-24/h17H,4-16H2,1-3H3,(H,23,25)(H2,20,21,22). The molecule has 1 atom stereocenters. The molecule has 6 nitrogen and oxygen atoms in total. The van der Waals surface area contributed by atoms with Crippen LogP contribution in [0.5, 0.6) is 0 Å². The first kappa shape index (κ1) is 21.7. The first-order valence-corrected chi connectivity index (χ1v) is 10.2. The molecular formula is C19H39N5O. The van der Waals surface area contributed by atoms with Crippen molar-refractivity contribution in [3.63, 3.8) is 0 Å². The average Bonchev–Trinajstić information content (AvgIpc) is 2.87. The van der Waals surface area contributed by atoms with Gasteiger partial charge in [0, 0.05) is 32.1 Å². The molecule has 6 heteroatoms. The topological polar surface area (TPSA) is 68.8 Å². The van der Waals surface area contributed by atoms with Crippen molar-refractivity contribution >= 4 is 11.9 Å². The van der Waals surface area contributed by atoms with Gasteiger partial charge in [0.2, 0.25) is 5.91 Å². The molecule has 1 amide bonds. The summed E-state index contributed by atoms with van der Waals surface area (Å²) in [4.78, 5) is 19.0. The minimum absolute atomic E-state index is 0.0962. The number of guanidine groups is 1. The summed E-state index contributed by atoms with van der Waals surface area (Å²) in [5.41, 5.74) is 0. The zero-order chi connectivity index (χ0) is 18.3. The third-order valence-corrected chi connectivity index (χ3v) is 4.61. The molecule has 0 spiro atoms. The van der Waals surface area contributed by atoms with Gasteiger partial charge in [-0.15, -0.1) is 0 Å². The Bertz CT molecular complexity index is 378. The van der Waals surface area contributed by atoms with Crippen LogP contribution in [0.25, 0.3) is 0 Å². The molecule has 0 aromatic heterocycles. The van der Waals surface area contributed by atoms with Gasteiger partial charge in [-0.2, -0.15) is 0 Å². The molecule has 146 valence electrons. The largest absolute Gasteiger partial charge is 0.357 e. The lowest BCUT2D eigenvalue weighted by molar-refractivity contribution is -0.121. The summed E-state index contributed by atoms with van der Waals surface area (Å²) in [5.74, 6) is 0.911. The number of carbonyl (C=O) groups excluding carboxylic acids is 1. The average molecular weight is 354 g/mol. The number of nitrogens with zero attached hydrogens (tertiary/aromatic N) is 2. The number of hydrogen-bond acceptors (Lipinski definition) is 3.